The van der Waals surface area contributed by atoms with E-state index in [0.29, 0.717) is 12.2 Å². The lowest BCUT2D eigenvalue weighted by Gasteiger charge is -2.16. The third-order valence-corrected chi connectivity index (χ3v) is 2.05. The van der Waals surface area contributed by atoms with E-state index in [4.69, 9.17) is 5.11 Å². The molecule has 16 heavy (non-hydrogen) atoms. The van der Waals surface area contributed by atoms with Crippen LogP contribution in [0.2, 0.25) is 0 Å². The molecule has 0 aromatic carbocycles. The van der Waals surface area contributed by atoms with Crippen LogP contribution in [0.25, 0.3) is 0 Å². The maximum absolute atomic E-state index is 12.6. The molecule has 0 aliphatic heterocycles. The Balaban J connectivity index is 2.68. The Morgan fingerprint density at radius 1 is 1.56 bits per heavy atom. The molecule has 1 aromatic rings. The zero-order valence-electron chi connectivity index (χ0n) is 9.27. The molecule has 1 aromatic heterocycles. The summed E-state index contributed by atoms with van der Waals surface area (Å²) in [5.74, 6) is -0.746. The van der Waals surface area contributed by atoms with Crippen molar-refractivity contribution in [2.75, 3.05) is 5.32 Å². The van der Waals surface area contributed by atoms with Crippen LogP contribution in [0.15, 0.2) is 18.3 Å². The molecule has 0 saturated heterocycles. The molecule has 0 aliphatic carbocycles. The Hall–Kier alpha value is -1.65. The minimum atomic E-state index is -0.931. The molecule has 1 rings (SSSR count). The summed E-state index contributed by atoms with van der Waals surface area (Å²) in [4.78, 5) is 14.7. The van der Waals surface area contributed by atoms with Crippen molar-refractivity contribution in [3.05, 3.63) is 24.1 Å². The molecule has 5 heteroatoms. The molecule has 0 spiro atoms. The smallest absolute Gasteiger partial charge is 0.326 e. The van der Waals surface area contributed by atoms with Gasteiger partial charge >= 0.3 is 5.97 Å². The van der Waals surface area contributed by atoms with E-state index in [1.165, 1.54) is 12.1 Å². The molecular weight excluding hydrogens is 211 g/mol. The number of aromatic nitrogens is 1. The predicted octanol–water partition coefficient (Wildman–Crippen LogP) is 2.13. The van der Waals surface area contributed by atoms with Gasteiger partial charge in [0.15, 0.2) is 0 Å². The number of halogens is 1. The molecule has 0 unspecified atom stereocenters. The van der Waals surface area contributed by atoms with Crippen molar-refractivity contribution in [3.63, 3.8) is 0 Å². The molecule has 0 aliphatic rings. The van der Waals surface area contributed by atoms with Crippen molar-refractivity contribution in [2.24, 2.45) is 5.92 Å². The van der Waals surface area contributed by atoms with Gasteiger partial charge in [0.2, 0.25) is 0 Å². The number of aliphatic carboxylic acids is 1. The number of hydrogen-bond donors (Lipinski definition) is 2. The van der Waals surface area contributed by atoms with Gasteiger partial charge in [0.25, 0.3) is 0 Å². The fourth-order valence-electron chi connectivity index (χ4n) is 1.33. The molecule has 2 N–H and O–H groups in total. The van der Waals surface area contributed by atoms with Crippen LogP contribution in [0.3, 0.4) is 0 Å². The summed E-state index contributed by atoms with van der Waals surface area (Å²) in [6.45, 7) is 3.88. The van der Waals surface area contributed by atoms with Gasteiger partial charge in [0.1, 0.15) is 17.7 Å². The average molecular weight is 226 g/mol. The summed E-state index contributed by atoms with van der Waals surface area (Å²) in [5, 5.41) is 11.7. The van der Waals surface area contributed by atoms with Crippen LogP contribution in [0, 0.1) is 11.7 Å². The molecule has 0 fully saturated rings. The monoisotopic (exact) mass is 226 g/mol. The van der Waals surface area contributed by atoms with Crippen LogP contribution >= 0.6 is 0 Å². The van der Waals surface area contributed by atoms with Crippen LogP contribution in [0.5, 0.6) is 0 Å². The highest BCUT2D eigenvalue weighted by atomic mass is 19.1. The molecule has 1 atom stereocenters. The second-order valence-electron chi connectivity index (χ2n) is 4.03. The number of carbonyl (C=O) groups is 1. The normalized spacial score (nSPS) is 12.5. The fraction of sp³-hybridized carbons (Fsp3) is 0.455. The molecule has 1 heterocycles. The number of anilines is 1. The fourth-order valence-corrected chi connectivity index (χ4v) is 1.33. The van der Waals surface area contributed by atoms with Gasteiger partial charge in [0.05, 0.1) is 6.20 Å². The van der Waals surface area contributed by atoms with Crippen molar-refractivity contribution >= 4 is 11.8 Å². The number of rotatable bonds is 5. The molecule has 0 saturated carbocycles. The lowest BCUT2D eigenvalue weighted by Crippen LogP contribution is -2.31. The van der Waals surface area contributed by atoms with E-state index < -0.39 is 17.8 Å². The van der Waals surface area contributed by atoms with Crippen molar-refractivity contribution in [3.8, 4) is 0 Å². The lowest BCUT2D eigenvalue weighted by molar-refractivity contribution is -0.138. The van der Waals surface area contributed by atoms with Gasteiger partial charge in [-0.05, 0) is 24.5 Å². The first-order valence-electron chi connectivity index (χ1n) is 5.10. The van der Waals surface area contributed by atoms with Crippen LogP contribution in [0.1, 0.15) is 20.3 Å². The Labute approximate surface area is 93.5 Å². The lowest BCUT2D eigenvalue weighted by atomic mass is 10.0. The van der Waals surface area contributed by atoms with E-state index in [2.05, 4.69) is 10.3 Å². The van der Waals surface area contributed by atoms with Gasteiger partial charge in [-0.25, -0.2) is 14.2 Å². The van der Waals surface area contributed by atoms with Crippen LogP contribution in [0.4, 0.5) is 10.2 Å². The summed E-state index contributed by atoms with van der Waals surface area (Å²) >= 11 is 0. The van der Waals surface area contributed by atoms with E-state index in [9.17, 15) is 9.18 Å². The molecule has 0 radical (unpaired) electrons. The first-order chi connectivity index (χ1) is 7.49. The average Bonchev–Trinajstić information content (AvgIpc) is 2.19. The highest BCUT2D eigenvalue weighted by molar-refractivity contribution is 5.76. The number of pyridine rings is 1. The van der Waals surface area contributed by atoms with E-state index in [0.717, 1.165) is 6.20 Å². The van der Waals surface area contributed by atoms with E-state index >= 15 is 0 Å². The van der Waals surface area contributed by atoms with E-state index in [1.807, 2.05) is 13.8 Å². The third-order valence-electron chi connectivity index (χ3n) is 2.05. The van der Waals surface area contributed by atoms with Gasteiger partial charge < -0.3 is 10.4 Å². The second-order valence-corrected chi connectivity index (χ2v) is 4.03. The summed E-state index contributed by atoms with van der Waals surface area (Å²) < 4.78 is 12.6. The number of carboxylic acid groups (broad SMARTS) is 1. The molecule has 88 valence electrons. The third kappa shape index (κ3) is 3.84. The quantitative estimate of drug-likeness (QED) is 0.807. The summed E-state index contributed by atoms with van der Waals surface area (Å²) in [6, 6.07) is 1.97. The first-order valence-corrected chi connectivity index (χ1v) is 5.10. The standard InChI is InChI=1S/C11H15FN2O2/c1-7(2)5-9(11(15)16)14-10-4-3-8(12)6-13-10/h3-4,6-7,9H,5H2,1-2H3,(H,13,14)(H,15,16)/t9-/m0/s1. The maximum atomic E-state index is 12.6. The van der Waals surface area contributed by atoms with E-state index in [-0.39, 0.29) is 5.92 Å². The molecule has 0 amide bonds. The van der Waals surface area contributed by atoms with Crippen LogP contribution < -0.4 is 5.32 Å². The predicted molar refractivity (Wildman–Crippen MR) is 58.7 cm³/mol. The Morgan fingerprint density at radius 3 is 2.69 bits per heavy atom. The molecule has 4 nitrogen and oxygen atoms in total. The van der Waals surface area contributed by atoms with Crippen molar-refractivity contribution < 1.29 is 14.3 Å². The summed E-state index contributed by atoms with van der Waals surface area (Å²) in [7, 11) is 0. The van der Waals surface area contributed by atoms with Crippen molar-refractivity contribution in [1.29, 1.82) is 0 Å². The number of hydrogen-bond acceptors (Lipinski definition) is 3. The van der Waals surface area contributed by atoms with Gasteiger partial charge in [-0.1, -0.05) is 13.8 Å². The minimum Gasteiger partial charge on any atom is -0.480 e. The van der Waals surface area contributed by atoms with Gasteiger partial charge in [-0.3, -0.25) is 0 Å². The molecular formula is C11H15FN2O2. The minimum absolute atomic E-state index is 0.258. The van der Waals surface area contributed by atoms with Gasteiger partial charge in [-0.15, -0.1) is 0 Å². The van der Waals surface area contributed by atoms with Gasteiger partial charge in [0, 0.05) is 0 Å². The zero-order chi connectivity index (χ0) is 12.1. The largest absolute Gasteiger partial charge is 0.480 e. The Bertz CT molecular complexity index is 352. The number of nitrogens with one attached hydrogen (secondary N) is 1. The Kier molecular flexibility index (Phi) is 4.22. The van der Waals surface area contributed by atoms with Crippen LogP contribution in [-0.4, -0.2) is 22.1 Å². The van der Waals surface area contributed by atoms with Crippen LogP contribution in [-0.2, 0) is 4.79 Å². The molecule has 0 bridgehead atoms. The van der Waals surface area contributed by atoms with E-state index in [1.54, 1.807) is 0 Å². The van der Waals surface area contributed by atoms with Crippen molar-refractivity contribution in [2.45, 2.75) is 26.3 Å². The number of nitrogens with zero attached hydrogens (tertiary/aromatic N) is 1. The highest BCUT2D eigenvalue weighted by Crippen LogP contribution is 2.11. The second kappa shape index (κ2) is 5.44. The number of carboxylic acids is 1. The maximum Gasteiger partial charge on any atom is 0.326 e. The summed E-state index contributed by atoms with van der Waals surface area (Å²) in [6.07, 6.45) is 1.55. The summed E-state index contributed by atoms with van der Waals surface area (Å²) in [5.41, 5.74) is 0. The topological polar surface area (TPSA) is 62.2 Å². The SMILES string of the molecule is CC(C)C[C@H](Nc1ccc(F)cn1)C(=O)O. The Morgan fingerprint density at radius 2 is 2.25 bits per heavy atom. The zero-order valence-corrected chi connectivity index (χ0v) is 9.27. The highest BCUT2D eigenvalue weighted by Gasteiger charge is 2.18. The van der Waals surface area contributed by atoms with Crippen molar-refractivity contribution in [1.82, 2.24) is 4.98 Å². The van der Waals surface area contributed by atoms with Gasteiger partial charge in [-0.2, -0.15) is 0 Å². The first kappa shape index (κ1) is 12.4.